The maximum atomic E-state index is 13.3. The van der Waals surface area contributed by atoms with Crippen molar-refractivity contribution < 1.29 is 18.7 Å². The number of hydrogen-bond donors (Lipinski definition) is 1. The van der Waals surface area contributed by atoms with E-state index >= 15 is 0 Å². The molecule has 0 radical (unpaired) electrons. The third kappa shape index (κ3) is 5.40. The Hall–Kier alpha value is -4.40. The van der Waals surface area contributed by atoms with Crippen LogP contribution in [0.4, 0.5) is 11.6 Å². The van der Waals surface area contributed by atoms with Gasteiger partial charge in [0.15, 0.2) is 11.5 Å². The first kappa shape index (κ1) is 28.4. The lowest BCUT2D eigenvalue weighted by molar-refractivity contribution is 0.0601. The highest BCUT2D eigenvalue weighted by atomic mass is 16.5. The van der Waals surface area contributed by atoms with Crippen LogP contribution in [0.2, 0.25) is 0 Å². The van der Waals surface area contributed by atoms with E-state index in [0.717, 1.165) is 78.6 Å². The fraction of sp³-hybridized carbons (Fsp3) is 0.429. The van der Waals surface area contributed by atoms with E-state index in [1.54, 1.807) is 13.2 Å². The number of carbonyl (C=O) groups excluding carboxylic acids is 1. The summed E-state index contributed by atoms with van der Waals surface area (Å²) >= 11 is 0. The van der Waals surface area contributed by atoms with Gasteiger partial charge < -0.3 is 24.1 Å². The van der Waals surface area contributed by atoms with Crippen molar-refractivity contribution in [1.29, 1.82) is 0 Å². The van der Waals surface area contributed by atoms with Crippen LogP contribution in [0.5, 0.6) is 11.6 Å². The molecule has 0 spiro atoms. The number of carbonyl (C=O) groups is 1. The molecule has 0 atom stereocenters. The normalized spacial score (nSPS) is 17.2. The monoisotopic (exact) mass is 593 g/mol. The molecule has 2 heterocycles. The smallest absolute Gasteiger partial charge is 0.253 e. The Balaban J connectivity index is 1.18. The number of rotatable bonds is 9. The predicted molar refractivity (Wildman–Crippen MR) is 170 cm³/mol. The summed E-state index contributed by atoms with van der Waals surface area (Å²) in [6.45, 7) is 4.86. The quantitative estimate of drug-likeness (QED) is 0.217. The molecule has 4 aromatic rings. The molecule has 2 aromatic carbocycles. The molecule has 9 heteroatoms. The lowest BCUT2D eigenvalue weighted by Gasteiger charge is -2.41. The Morgan fingerprint density at radius 2 is 1.91 bits per heavy atom. The number of aromatic nitrogens is 3. The molecule has 2 fully saturated rings. The molecule has 3 aliphatic rings. The van der Waals surface area contributed by atoms with Gasteiger partial charge in [-0.15, -0.1) is 0 Å². The average Bonchev–Trinajstić information content (AvgIpc) is 3.75. The van der Waals surface area contributed by atoms with Crippen LogP contribution in [0, 0.1) is 12.3 Å². The van der Waals surface area contributed by atoms with Crippen molar-refractivity contribution in [2.75, 3.05) is 26.0 Å². The number of allylic oxidation sites excluding steroid dienone is 1. The third-order valence-corrected chi connectivity index (χ3v) is 9.33. The lowest BCUT2D eigenvalue weighted by atomic mass is 9.70. The zero-order chi connectivity index (χ0) is 30.4. The number of aryl methyl sites for hydroxylation is 1. The van der Waals surface area contributed by atoms with E-state index in [-0.39, 0.29) is 17.4 Å². The molecule has 228 valence electrons. The van der Waals surface area contributed by atoms with E-state index in [0.29, 0.717) is 41.1 Å². The Morgan fingerprint density at radius 3 is 2.66 bits per heavy atom. The van der Waals surface area contributed by atoms with E-state index < -0.39 is 0 Å². The largest absolute Gasteiger partial charge is 0.495 e. The molecular formula is C35H39N5O4. The van der Waals surface area contributed by atoms with Gasteiger partial charge in [0.2, 0.25) is 11.8 Å². The van der Waals surface area contributed by atoms with E-state index in [1.807, 2.05) is 43.1 Å². The number of benzene rings is 2. The van der Waals surface area contributed by atoms with Gasteiger partial charge in [-0.25, -0.2) is 9.97 Å². The molecule has 7 rings (SSSR count). The maximum Gasteiger partial charge on any atom is 0.253 e. The molecule has 0 saturated heterocycles. The zero-order valence-corrected chi connectivity index (χ0v) is 25.9. The number of nitrogens with one attached hydrogen (secondary N) is 1. The fourth-order valence-electron chi connectivity index (χ4n) is 6.83. The number of methoxy groups -OCH3 is 1. The Bertz CT molecular complexity index is 1770. The molecule has 3 aliphatic carbocycles. The van der Waals surface area contributed by atoms with Crippen molar-refractivity contribution in [2.24, 2.45) is 5.41 Å². The molecular weight excluding hydrogens is 554 g/mol. The fourth-order valence-corrected chi connectivity index (χ4v) is 6.83. The van der Waals surface area contributed by atoms with E-state index in [2.05, 4.69) is 29.4 Å². The topological polar surface area (TPSA) is 103 Å². The Morgan fingerprint density at radius 1 is 1.09 bits per heavy atom. The van der Waals surface area contributed by atoms with Gasteiger partial charge in [-0.2, -0.15) is 4.98 Å². The minimum Gasteiger partial charge on any atom is -0.495 e. The number of amides is 1. The molecule has 2 saturated carbocycles. The molecule has 1 amide bonds. The Labute approximate surface area is 257 Å². The summed E-state index contributed by atoms with van der Waals surface area (Å²) in [7, 11) is 3.48. The first-order chi connectivity index (χ1) is 21.3. The Kier molecular flexibility index (Phi) is 7.26. The minimum absolute atomic E-state index is 0.0127. The number of fused-ring (bicyclic) bond motifs is 2. The second kappa shape index (κ2) is 11.3. The molecule has 0 unspecified atom stereocenters. The van der Waals surface area contributed by atoms with Crippen molar-refractivity contribution >= 4 is 34.2 Å². The average molecular weight is 594 g/mol. The van der Waals surface area contributed by atoms with Crippen LogP contribution in [-0.4, -0.2) is 52.6 Å². The number of nitrogens with zero attached hydrogens (tertiary/aromatic N) is 4. The van der Waals surface area contributed by atoms with Crippen LogP contribution >= 0.6 is 0 Å². The van der Waals surface area contributed by atoms with Crippen LogP contribution in [0.25, 0.3) is 16.7 Å². The van der Waals surface area contributed by atoms with Crippen molar-refractivity contribution in [3.63, 3.8) is 0 Å². The second-order valence-corrected chi connectivity index (χ2v) is 12.8. The summed E-state index contributed by atoms with van der Waals surface area (Å²) < 4.78 is 18.1. The molecule has 0 bridgehead atoms. The van der Waals surface area contributed by atoms with Crippen LogP contribution in [0.3, 0.4) is 0 Å². The van der Waals surface area contributed by atoms with Gasteiger partial charge in [0.05, 0.1) is 24.1 Å². The molecule has 44 heavy (non-hydrogen) atoms. The minimum atomic E-state index is -0.0127. The third-order valence-electron chi connectivity index (χ3n) is 9.33. The number of hydrogen-bond acceptors (Lipinski definition) is 8. The number of anilines is 2. The lowest BCUT2D eigenvalue weighted by Crippen LogP contribution is -2.41. The van der Waals surface area contributed by atoms with Crippen LogP contribution in [-0.2, 0) is 6.42 Å². The van der Waals surface area contributed by atoms with Crippen molar-refractivity contribution in [1.82, 2.24) is 19.9 Å². The highest BCUT2D eigenvalue weighted by Gasteiger charge is 2.34. The standard InChI is InChI=1S/C35H39N5O4/c1-21-36-27-13-10-22(18-30(27)43-21)25-12-15-28-31(25)32(44-24-8-5-6-9-24)39-34(38-28)37-26-14-11-23(19-29(26)42-4)33(41)40(3)20-35(2)16-7-17-35/h10-14,18-19,24H,5-9,15-17,20H2,1-4H3,(H,37,38,39). The summed E-state index contributed by atoms with van der Waals surface area (Å²) in [5.74, 6) is 2.20. The maximum absolute atomic E-state index is 13.3. The van der Waals surface area contributed by atoms with Gasteiger partial charge in [-0.05, 0) is 85.4 Å². The first-order valence-corrected chi connectivity index (χ1v) is 15.6. The zero-order valence-electron chi connectivity index (χ0n) is 25.9. The van der Waals surface area contributed by atoms with Crippen molar-refractivity contribution in [3.8, 4) is 11.6 Å². The molecule has 1 N–H and O–H groups in total. The van der Waals surface area contributed by atoms with Gasteiger partial charge >= 0.3 is 0 Å². The second-order valence-electron chi connectivity index (χ2n) is 12.8. The summed E-state index contributed by atoms with van der Waals surface area (Å²) in [5, 5.41) is 3.35. The molecule has 9 nitrogen and oxygen atoms in total. The van der Waals surface area contributed by atoms with Crippen LogP contribution < -0.4 is 14.8 Å². The highest BCUT2D eigenvalue weighted by Crippen LogP contribution is 2.42. The summed E-state index contributed by atoms with van der Waals surface area (Å²) in [5.41, 5.74) is 6.96. The summed E-state index contributed by atoms with van der Waals surface area (Å²) in [4.78, 5) is 29.4. The molecule has 0 aliphatic heterocycles. The van der Waals surface area contributed by atoms with E-state index in [4.69, 9.17) is 23.9 Å². The van der Waals surface area contributed by atoms with Gasteiger partial charge in [0.25, 0.3) is 5.91 Å². The van der Waals surface area contributed by atoms with Gasteiger partial charge in [-0.1, -0.05) is 25.5 Å². The first-order valence-electron chi connectivity index (χ1n) is 15.6. The number of oxazole rings is 1. The van der Waals surface area contributed by atoms with Gasteiger partial charge in [0, 0.05) is 32.5 Å². The van der Waals surface area contributed by atoms with Gasteiger partial charge in [0.1, 0.15) is 17.4 Å². The summed E-state index contributed by atoms with van der Waals surface area (Å²) in [6.07, 6.45) is 10.9. The van der Waals surface area contributed by atoms with Gasteiger partial charge in [-0.3, -0.25) is 4.79 Å². The van der Waals surface area contributed by atoms with Crippen molar-refractivity contribution in [3.05, 3.63) is 70.7 Å². The van der Waals surface area contributed by atoms with Crippen molar-refractivity contribution in [2.45, 2.75) is 71.3 Å². The number of ether oxygens (including phenoxy) is 2. The summed E-state index contributed by atoms with van der Waals surface area (Å²) in [6, 6.07) is 11.6. The van der Waals surface area contributed by atoms with Crippen LogP contribution in [0.1, 0.15) is 84.9 Å². The van der Waals surface area contributed by atoms with E-state index in [9.17, 15) is 4.79 Å². The highest BCUT2D eigenvalue weighted by molar-refractivity contribution is 5.95. The SMILES string of the molecule is COc1cc(C(=O)N(C)CC2(C)CCC2)ccc1Nc1nc2c(c(OC3CCCC3)n1)C(c1ccc3nc(C)oc3c1)=CC2. The predicted octanol–water partition coefficient (Wildman–Crippen LogP) is 7.25. The van der Waals surface area contributed by atoms with E-state index in [1.165, 1.54) is 6.42 Å². The van der Waals surface area contributed by atoms with Crippen LogP contribution in [0.15, 0.2) is 46.9 Å². The molecule has 2 aromatic heterocycles.